The van der Waals surface area contributed by atoms with Crippen LogP contribution < -0.4 is 10.1 Å². The van der Waals surface area contributed by atoms with E-state index in [9.17, 15) is 0 Å². The molecule has 0 radical (unpaired) electrons. The quantitative estimate of drug-likeness (QED) is 0.390. The minimum atomic E-state index is 0.749. The number of halogens is 1. The van der Waals surface area contributed by atoms with Gasteiger partial charge in [0.1, 0.15) is 11.6 Å². The van der Waals surface area contributed by atoms with E-state index in [1.807, 2.05) is 50.4 Å². The zero-order valence-electron chi connectivity index (χ0n) is 16.4. The normalized spacial score (nSPS) is 10.9. The number of hydrogen-bond acceptors (Lipinski definition) is 5. The molecule has 4 aromatic rings. The van der Waals surface area contributed by atoms with Crippen LogP contribution in [0.25, 0.3) is 11.4 Å². The third-order valence-corrected chi connectivity index (χ3v) is 5.91. The number of benzene rings is 2. The number of methoxy groups -OCH3 is 1. The Morgan fingerprint density at radius 1 is 1.14 bits per heavy atom. The van der Waals surface area contributed by atoms with E-state index in [2.05, 4.69) is 32.4 Å². The predicted molar refractivity (Wildman–Crippen MR) is 120 cm³/mol. The fourth-order valence-electron chi connectivity index (χ4n) is 3.07. The van der Waals surface area contributed by atoms with Crippen molar-refractivity contribution in [3.63, 3.8) is 0 Å². The highest BCUT2D eigenvalue weighted by atomic mass is 35.5. The molecule has 2 aromatic heterocycles. The first-order valence-corrected chi connectivity index (χ1v) is 10.4. The van der Waals surface area contributed by atoms with Crippen molar-refractivity contribution < 1.29 is 4.74 Å². The summed E-state index contributed by atoms with van der Waals surface area (Å²) in [6.07, 6.45) is 2.64. The van der Waals surface area contributed by atoms with Crippen LogP contribution in [0.15, 0.2) is 48.7 Å². The Labute approximate surface area is 178 Å². The van der Waals surface area contributed by atoms with Gasteiger partial charge in [-0.3, -0.25) is 0 Å². The van der Waals surface area contributed by atoms with E-state index in [1.54, 1.807) is 18.4 Å². The lowest BCUT2D eigenvalue weighted by molar-refractivity contribution is 0.416. The molecule has 0 unspecified atom stereocenters. The average molecular weight is 425 g/mol. The smallest absolute Gasteiger partial charge is 0.187 e. The number of anilines is 2. The predicted octanol–water partition coefficient (Wildman–Crippen LogP) is 6.15. The molecule has 0 saturated heterocycles. The Bertz CT molecular complexity index is 1130. The molecule has 29 heavy (non-hydrogen) atoms. The van der Waals surface area contributed by atoms with E-state index in [1.165, 1.54) is 10.4 Å². The summed E-state index contributed by atoms with van der Waals surface area (Å²) in [4.78, 5) is 13.5. The molecule has 2 heterocycles. The molecule has 148 valence electrons. The lowest BCUT2D eigenvalue weighted by atomic mass is 10.1. The third kappa shape index (κ3) is 4.44. The number of hydrogen-bond donors (Lipinski definition) is 2. The van der Waals surface area contributed by atoms with Crippen molar-refractivity contribution in [3.05, 3.63) is 75.5 Å². The van der Waals surface area contributed by atoms with Crippen LogP contribution in [0, 0.1) is 13.8 Å². The van der Waals surface area contributed by atoms with Gasteiger partial charge in [-0.1, -0.05) is 23.7 Å². The molecule has 0 aliphatic rings. The summed E-state index contributed by atoms with van der Waals surface area (Å²) >= 11 is 7.64. The van der Waals surface area contributed by atoms with Crippen LogP contribution in [-0.4, -0.2) is 22.1 Å². The van der Waals surface area contributed by atoms with Crippen LogP contribution in [0.3, 0.4) is 0 Å². The summed E-state index contributed by atoms with van der Waals surface area (Å²) < 4.78 is 5.58. The van der Waals surface area contributed by atoms with Crippen molar-refractivity contribution >= 4 is 33.8 Å². The zero-order valence-corrected chi connectivity index (χ0v) is 18.0. The number of thiazole rings is 1. The number of aromatic amines is 1. The van der Waals surface area contributed by atoms with Gasteiger partial charge in [0.05, 0.1) is 18.4 Å². The van der Waals surface area contributed by atoms with E-state index in [4.69, 9.17) is 16.3 Å². The molecule has 5 nitrogen and oxygen atoms in total. The summed E-state index contributed by atoms with van der Waals surface area (Å²) in [5.41, 5.74) is 5.09. The summed E-state index contributed by atoms with van der Waals surface area (Å²) in [5, 5.41) is 5.00. The van der Waals surface area contributed by atoms with Crippen LogP contribution in [0.4, 0.5) is 10.8 Å². The molecule has 4 rings (SSSR count). The molecule has 0 aliphatic carbocycles. The standard InChI is InChI=1S/C22H21ClN4OS/c1-13-12-24-21(25-13)18-9-8-17(11-19(18)28-3)27-22-26-14(2)20(29-22)10-15-4-6-16(23)7-5-15/h4-9,11-12H,10H2,1-3H3,(H,24,25)(H,26,27). The van der Waals surface area contributed by atoms with Crippen LogP contribution in [0.1, 0.15) is 21.8 Å². The largest absolute Gasteiger partial charge is 0.496 e. The summed E-state index contributed by atoms with van der Waals surface area (Å²) in [6.45, 7) is 4.02. The Balaban J connectivity index is 1.54. The fraction of sp³-hybridized carbons (Fsp3) is 0.182. The van der Waals surface area contributed by atoms with Crippen molar-refractivity contribution in [2.75, 3.05) is 12.4 Å². The number of aryl methyl sites for hydroxylation is 2. The van der Waals surface area contributed by atoms with Crippen LogP contribution in [-0.2, 0) is 6.42 Å². The third-order valence-electron chi connectivity index (χ3n) is 4.58. The highest BCUT2D eigenvalue weighted by molar-refractivity contribution is 7.15. The number of imidazole rings is 1. The van der Waals surface area contributed by atoms with E-state index < -0.39 is 0 Å². The summed E-state index contributed by atoms with van der Waals surface area (Å²) in [5.74, 6) is 1.54. The Morgan fingerprint density at radius 3 is 2.62 bits per heavy atom. The molecule has 2 N–H and O–H groups in total. The highest BCUT2D eigenvalue weighted by Gasteiger charge is 2.12. The number of nitrogens with one attached hydrogen (secondary N) is 2. The highest BCUT2D eigenvalue weighted by Crippen LogP contribution is 2.33. The Hall–Kier alpha value is -2.83. The van der Waals surface area contributed by atoms with E-state index in [0.29, 0.717) is 0 Å². The van der Waals surface area contributed by atoms with Gasteiger partial charge < -0.3 is 15.0 Å². The second-order valence-electron chi connectivity index (χ2n) is 6.79. The number of aromatic nitrogens is 3. The van der Waals surface area contributed by atoms with Crippen molar-refractivity contribution in [2.24, 2.45) is 0 Å². The minimum Gasteiger partial charge on any atom is -0.496 e. The minimum absolute atomic E-state index is 0.749. The lowest BCUT2D eigenvalue weighted by Gasteiger charge is -2.09. The topological polar surface area (TPSA) is 62.8 Å². The monoisotopic (exact) mass is 424 g/mol. The molecule has 0 atom stereocenters. The molecule has 0 saturated carbocycles. The maximum Gasteiger partial charge on any atom is 0.187 e. The van der Waals surface area contributed by atoms with Crippen molar-refractivity contribution in [1.29, 1.82) is 0 Å². The molecule has 0 fully saturated rings. The van der Waals surface area contributed by atoms with Crippen LogP contribution >= 0.6 is 22.9 Å². The maximum absolute atomic E-state index is 5.98. The van der Waals surface area contributed by atoms with Gasteiger partial charge in [-0.15, -0.1) is 11.3 Å². The zero-order chi connectivity index (χ0) is 20.4. The van der Waals surface area contributed by atoms with Gasteiger partial charge in [-0.05, 0) is 43.7 Å². The van der Waals surface area contributed by atoms with Crippen molar-refractivity contribution in [2.45, 2.75) is 20.3 Å². The summed E-state index contributed by atoms with van der Waals surface area (Å²) in [7, 11) is 1.66. The fourth-order valence-corrected chi connectivity index (χ4v) is 4.21. The maximum atomic E-state index is 5.98. The van der Waals surface area contributed by atoms with E-state index >= 15 is 0 Å². The van der Waals surface area contributed by atoms with Crippen LogP contribution in [0.5, 0.6) is 5.75 Å². The number of rotatable bonds is 6. The molecule has 0 spiro atoms. The van der Waals surface area contributed by atoms with E-state index in [-0.39, 0.29) is 0 Å². The second-order valence-corrected chi connectivity index (χ2v) is 8.31. The molecule has 2 aromatic carbocycles. The van der Waals surface area contributed by atoms with Crippen molar-refractivity contribution in [1.82, 2.24) is 15.0 Å². The summed E-state index contributed by atoms with van der Waals surface area (Å²) in [6, 6.07) is 13.9. The lowest BCUT2D eigenvalue weighted by Crippen LogP contribution is -1.94. The first-order valence-electron chi connectivity index (χ1n) is 9.19. The van der Waals surface area contributed by atoms with Gasteiger partial charge >= 0.3 is 0 Å². The molecule has 0 aliphatic heterocycles. The average Bonchev–Trinajstić information content (AvgIpc) is 3.29. The first-order chi connectivity index (χ1) is 14.0. The van der Waals surface area contributed by atoms with Gasteiger partial charge in [0.2, 0.25) is 0 Å². The number of H-pyrrole nitrogens is 1. The molecule has 7 heteroatoms. The molecular weight excluding hydrogens is 404 g/mol. The number of nitrogens with zero attached hydrogens (tertiary/aromatic N) is 2. The SMILES string of the molecule is COc1cc(Nc2nc(C)c(Cc3ccc(Cl)cc3)s2)ccc1-c1ncc(C)[nH]1. The van der Waals surface area contributed by atoms with Crippen LogP contribution in [0.2, 0.25) is 5.02 Å². The van der Waals surface area contributed by atoms with Gasteiger partial charge in [0, 0.05) is 40.0 Å². The number of ether oxygens (including phenoxy) is 1. The van der Waals surface area contributed by atoms with E-state index in [0.717, 1.165) is 50.8 Å². The molecule has 0 amide bonds. The van der Waals surface area contributed by atoms with Gasteiger partial charge in [-0.2, -0.15) is 0 Å². The van der Waals surface area contributed by atoms with Gasteiger partial charge in [-0.25, -0.2) is 9.97 Å². The Kier molecular flexibility index (Phi) is 5.56. The second kappa shape index (κ2) is 8.27. The molecule has 0 bridgehead atoms. The van der Waals surface area contributed by atoms with Gasteiger partial charge in [0.15, 0.2) is 5.13 Å². The Morgan fingerprint density at radius 2 is 1.93 bits per heavy atom. The van der Waals surface area contributed by atoms with Gasteiger partial charge in [0.25, 0.3) is 0 Å². The molecular formula is C22H21ClN4OS. The first kappa shape index (κ1) is 19.5. The van der Waals surface area contributed by atoms with Crippen molar-refractivity contribution in [3.8, 4) is 17.1 Å².